The van der Waals surface area contributed by atoms with E-state index < -0.39 is 0 Å². The Morgan fingerprint density at radius 1 is 0.964 bits per heavy atom. The summed E-state index contributed by atoms with van der Waals surface area (Å²) in [6, 6.07) is 1.58. The van der Waals surface area contributed by atoms with Gasteiger partial charge in [-0.15, -0.1) is 0 Å². The zero-order valence-corrected chi connectivity index (χ0v) is 17.1. The second-order valence-electron chi connectivity index (χ2n) is 8.32. The van der Waals surface area contributed by atoms with Crippen molar-refractivity contribution in [3.63, 3.8) is 0 Å². The van der Waals surface area contributed by atoms with Gasteiger partial charge in [-0.2, -0.15) is 0 Å². The maximum Gasteiger partial charge on any atom is 0.323 e. The fourth-order valence-electron chi connectivity index (χ4n) is 3.33. The Morgan fingerprint density at radius 3 is 2.39 bits per heavy atom. The Labute approximate surface area is 165 Å². The third-order valence-corrected chi connectivity index (χ3v) is 5.03. The molecule has 0 radical (unpaired) electrons. The smallest absolute Gasteiger partial charge is 0.323 e. The second-order valence-corrected chi connectivity index (χ2v) is 8.32. The number of ether oxygens (including phenoxy) is 1. The van der Waals surface area contributed by atoms with Crippen LogP contribution in [0.4, 0.5) is 15.4 Å². The van der Waals surface area contributed by atoms with E-state index >= 15 is 0 Å². The van der Waals surface area contributed by atoms with E-state index in [4.69, 9.17) is 9.26 Å². The summed E-state index contributed by atoms with van der Waals surface area (Å²) in [6.45, 7) is 11.0. The van der Waals surface area contributed by atoms with Crippen molar-refractivity contribution in [2.45, 2.75) is 39.0 Å². The first kappa shape index (κ1) is 20.4. The van der Waals surface area contributed by atoms with Gasteiger partial charge in [0.2, 0.25) is 0 Å². The highest BCUT2D eigenvalue weighted by Crippen LogP contribution is 2.24. The first-order chi connectivity index (χ1) is 13.3. The minimum Gasteiger partial charge on any atom is -0.380 e. The van der Waals surface area contributed by atoms with Crippen molar-refractivity contribution in [2.75, 3.05) is 57.8 Å². The number of nitrogens with one attached hydrogen (secondary N) is 1. The number of carbonyl (C=O) groups is 2. The summed E-state index contributed by atoms with van der Waals surface area (Å²) in [5, 5.41) is 6.74. The molecule has 2 aliphatic rings. The standard InChI is InChI=1S/C19H31N5O4/c1-19(2,3)15-14-16(21-28-15)20-17(25)22-6-4-7-23(10-9-22)18(26)24-8-5-12-27-13-11-24/h14H,4-13H2,1-3H3,(H,20,21,25). The van der Waals surface area contributed by atoms with E-state index in [-0.39, 0.29) is 17.5 Å². The molecule has 2 fully saturated rings. The largest absolute Gasteiger partial charge is 0.380 e. The van der Waals surface area contributed by atoms with Gasteiger partial charge in [0, 0.05) is 57.4 Å². The first-order valence-electron chi connectivity index (χ1n) is 9.99. The lowest BCUT2D eigenvalue weighted by atomic mass is 9.93. The molecule has 0 saturated carbocycles. The van der Waals surface area contributed by atoms with Crippen LogP contribution >= 0.6 is 0 Å². The van der Waals surface area contributed by atoms with Crippen LogP contribution in [0, 0.1) is 0 Å². The summed E-state index contributed by atoms with van der Waals surface area (Å²) in [5.41, 5.74) is -0.169. The van der Waals surface area contributed by atoms with E-state index in [9.17, 15) is 9.59 Å². The highest BCUT2D eigenvalue weighted by Gasteiger charge is 2.27. The molecular formula is C19H31N5O4. The Balaban J connectivity index is 1.53. The normalized spacial score (nSPS) is 19.2. The quantitative estimate of drug-likeness (QED) is 0.791. The molecule has 3 heterocycles. The predicted molar refractivity (Wildman–Crippen MR) is 104 cm³/mol. The van der Waals surface area contributed by atoms with Crippen LogP contribution in [0.1, 0.15) is 39.4 Å². The molecule has 4 amide bonds. The number of urea groups is 2. The van der Waals surface area contributed by atoms with Gasteiger partial charge in [0.15, 0.2) is 5.82 Å². The Hall–Kier alpha value is -2.29. The fourth-order valence-corrected chi connectivity index (χ4v) is 3.33. The number of amides is 4. The summed E-state index contributed by atoms with van der Waals surface area (Å²) in [5.74, 6) is 1.13. The summed E-state index contributed by atoms with van der Waals surface area (Å²) < 4.78 is 10.7. The lowest BCUT2D eigenvalue weighted by molar-refractivity contribution is 0.132. The number of nitrogens with zero attached hydrogens (tertiary/aromatic N) is 4. The van der Waals surface area contributed by atoms with Crippen LogP contribution < -0.4 is 5.32 Å². The highest BCUT2D eigenvalue weighted by atomic mass is 16.5. The molecular weight excluding hydrogens is 362 g/mol. The third-order valence-electron chi connectivity index (χ3n) is 5.03. The average molecular weight is 393 g/mol. The van der Waals surface area contributed by atoms with Crippen molar-refractivity contribution in [1.82, 2.24) is 19.9 Å². The summed E-state index contributed by atoms with van der Waals surface area (Å²) in [4.78, 5) is 30.8. The van der Waals surface area contributed by atoms with Gasteiger partial charge in [0.1, 0.15) is 5.76 Å². The molecule has 0 aliphatic carbocycles. The van der Waals surface area contributed by atoms with Crippen LogP contribution in [0.3, 0.4) is 0 Å². The molecule has 2 saturated heterocycles. The summed E-state index contributed by atoms with van der Waals surface area (Å²) in [7, 11) is 0. The van der Waals surface area contributed by atoms with Crippen molar-refractivity contribution in [3.8, 4) is 0 Å². The Morgan fingerprint density at radius 2 is 1.64 bits per heavy atom. The minimum atomic E-state index is -0.216. The number of anilines is 1. The lowest BCUT2D eigenvalue weighted by Crippen LogP contribution is -2.46. The van der Waals surface area contributed by atoms with Gasteiger partial charge in [0.05, 0.1) is 6.61 Å². The first-order valence-corrected chi connectivity index (χ1v) is 9.99. The van der Waals surface area contributed by atoms with Gasteiger partial charge in [-0.05, 0) is 12.8 Å². The van der Waals surface area contributed by atoms with Crippen molar-refractivity contribution in [3.05, 3.63) is 11.8 Å². The molecule has 0 atom stereocenters. The fraction of sp³-hybridized carbons (Fsp3) is 0.737. The van der Waals surface area contributed by atoms with Crippen LogP contribution in [0.5, 0.6) is 0 Å². The van der Waals surface area contributed by atoms with Crippen LogP contribution in [0.2, 0.25) is 0 Å². The van der Waals surface area contributed by atoms with Crippen LogP contribution in [-0.2, 0) is 10.2 Å². The van der Waals surface area contributed by atoms with E-state index in [2.05, 4.69) is 10.5 Å². The minimum absolute atomic E-state index is 0.0408. The maximum atomic E-state index is 12.8. The van der Waals surface area contributed by atoms with Gasteiger partial charge in [0.25, 0.3) is 0 Å². The highest BCUT2D eigenvalue weighted by molar-refractivity contribution is 5.88. The van der Waals surface area contributed by atoms with E-state index in [0.29, 0.717) is 51.8 Å². The molecule has 28 heavy (non-hydrogen) atoms. The molecule has 2 aliphatic heterocycles. The topological polar surface area (TPSA) is 91.2 Å². The van der Waals surface area contributed by atoms with Gasteiger partial charge >= 0.3 is 12.1 Å². The predicted octanol–water partition coefficient (Wildman–Crippen LogP) is 2.35. The molecule has 0 bridgehead atoms. The lowest BCUT2D eigenvalue weighted by Gasteiger charge is -2.28. The van der Waals surface area contributed by atoms with Gasteiger partial charge < -0.3 is 24.0 Å². The van der Waals surface area contributed by atoms with E-state index in [1.165, 1.54) is 0 Å². The Kier molecular flexibility index (Phi) is 6.43. The molecule has 3 rings (SSSR count). The number of rotatable bonds is 1. The molecule has 1 aromatic heterocycles. The third kappa shape index (κ3) is 5.15. The van der Waals surface area contributed by atoms with Gasteiger partial charge in [-0.1, -0.05) is 25.9 Å². The zero-order chi connectivity index (χ0) is 20.1. The molecule has 156 valence electrons. The van der Waals surface area contributed by atoms with Gasteiger partial charge in [-0.25, -0.2) is 9.59 Å². The molecule has 0 aromatic carbocycles. The molecule has 9 heteroatoms. The molecule has 9 nitrogen and oxygen atoms in total. The second kappa shape index (κ2) is 8.81. The average Bonchev–Trinajstić information content (AvgIpc) is 2.86. The van der Waals surface area contributed by atoms with Crippen LogP contribution in [0.15, 0.2) is 10.6 Å². The SMILES string of the molecule is CC(C)(C)c1cc(NC(=O)N2CCCN(C(=O)N3CCCOCC3)CC2)no1. The summed E-state index contributed by atoms with van der Waals surface area (Å²) in [6.07, 6.45) is 1.61. The number of hydrogen-bond donors (Lipinski definition) is 1. The van der Waals surface area contributed by atoms with Crippen molar-refractivity contribution in [1.29, 1.82) is 0 Å². The molecule has 1 N–H and O–H groups in total. The van der Waals surface area contributed by atoms with E-state index in [0.717, 1.165) is 25.1 Å². The molecule has 1 aromatic rings. The van der Waals surface area contributed by atoms with E-state index in [1.54, 1.807) is 11.0 Å². The zero-order valence-electron chi connectivity index (χ0n) is 17.1. The maximum absolute atomic E-state index is 12.8. The number of carbonyl (C=O) groups excluding carboxylic acids is 2. The molecule has 0 unspecified atom stereocenters. The van der Waals surface area contributed by atoms with E-state index in [1.807, 2.05) is 30.6 Å². The number of aromatic nitrogens is 1. The summed E-state index contributed by atoms with van der Waals surface area (Å²) >= 11 is 0. The van der Waals surface area contributed by atoms with Crippen LogP contribution in [-0.4, -0.2) is 84.4 Å². The van der Waals surface area contributed by atoms with Crippen molar-refractivity contribution < 1.29 is 18.8 Å². The number of hydrogen-bond acceptors (Lipinski definition) is 5. The molecule has 0 spiro atoms. The monoisotopic (exact) mass is 393 g/mol. The Bertz CT molecular complexity index is 676. The van der Waals surface area contributed by atoms with Crippen molar-refractivity contribution in [2.24, 2.45) is 0 Å². The van der Waals surface area contributed by atoms with Crippen LogP contribution in [0.25, 0.3) is 0 Å². The van der Waals surface area contributed by atoms with Gasteiger partial charge in [-0.3, -0.25) is 5.32 Å². The van der Waals surface area contributed by atoms with Crippen molar-refractivity contribution >= 4 is 17.9 Å².